The van der Waals surface area contributed by atoms with Crippen molar-refractivity contribution in [3.63, 3.8) is 0 Å². The van der Waals surface area contributed by atoms with Crippen molar-refractivity contribution < 1.29 is 4.52 Å². The van der Waals surface area contributed by atoms with Gasteiger partial charge in [0, 0.05) is 5.56 Å². The van der Waals surface area contributed by atoms with Gasteiger partial charge in [0.05, 0.1) is 17.2 Å². The molecule has 2 N–H and O–H groups in total. The van der Waals surface area contributed by atoms with Gasteiger partial charge in [-0.1, -0.05) is 24.1 Å². The van der Waals surface area contributed by atoms with Gasteiger partial charge >= 0.3 is 0 Å². The van der Waals surface area contributed by atoms with E-state index in [1.165, 1.54) is 0 Å². The first kappa shape index (κ1) is 14.5. The number of benzene rings is 1. The standard InChI is InChI=1S/C14H14N4O.ClH/c15-9-10-4-3-5-11(8-10)12-17-13(18-19-12)14(16)6-1-2-7-14;/h3-5,8H,1-2,6-7,16H2;1H. The van der Waals surface area contributed by atoms with E-state index in [4.69, 9.17) is 15.5 Å². The van der Waals surface area contributed by atoms with Crippen LogP contribution in [0.1, 0.15) is 37.1 Å². The van der Waals surface area contributed by atoms with Gasteiger partial charge in [-0.15, -0.1) is 12.4 Å². The second-order valence-corrected chi connectivity index (χ2v) is 4.98. The molecule has 1 aromatic carbocycles. The van der Waals surface area contributed by atoms with E-state index in [9.17, 15) is 0 Å². The number of halogens is 1. The van der Waals surface area contributed by atoms with E-state index >= 15 is 0 Å². The lowest BCUT2D eigenvalue weighted by Gasteiger charge is -2.17. The van der Waals surface area contributed by atoms with E-state index in [1.807, 2.05) is 6.07 Å². The molecule has 0 saturated heterocycles. The minimum atomic E-state index is -0.450. The molecule has 1 aliphatic rings. The van der Waals surface area contributed by atoms with Gasteiger partial charge in [-0.2, -0.15) is 10.2 Å². The summed E-state index contributed by atoms with van der Waals surface area (Å²) in [7, 11) is 0. The summed E-state index contributed by atoms with van der Waals surface area (Å²) >= 11 is 0. The van der Waals surface area contributed by atoms with Gasteiger partial charge in [-0.3, -0.25) is 0 Å². The molecule has 20 heavy (non-hydrogen) atoms. The fraction of sp³-hybridized carbons (Fsp3) is 0.357. The molecule has 0 unspecified atom stereocenters. The van der Waals surface area contributed by atoms with Crippen LogP contribution in [-0.2, 0) is 5.54 Å². The second-order valence-electron chi connectivity index (χ2n) is 4.98. The maximum absolute atomic E-state index is 8.89. The van der Waals surface area contributed by atoms with Crippen molar-refractivity contribution in [3.05, 3.63) is 35.7 Å². The molecule has 1 aromatic heterocycles. The Morgan fingerprint density at radius 3 is 2.75 bits per heavy atom. The van der Waals surface area contributed by atoms with Crippen molar-refractivity contribution in [3.8, 4) is 17.5 Å². The van der Waals surface area contributed by atoms with Gasteiger partial charge in [-0.25, -0.2) is 0 Å². The Hall–Kier alpha value is -1.90. The molecular weight excluding hydrogens is 276 g/mol. The van der Waals surface area contributed by atoms with Crippen molar-refractivity contribution in [2.75, 3.05) is 0 Å². The van der Waals surface area contributed by atoms with Crippen LogP contribution in [-0.4, -0.2) is 10.1 Å². The Bertz CT molecular complexity index is 641. The molecule has 0 amide bonds. The molecule has 3 rings (SSSR count). The summed E-state index contributed by atoms with van der Waals surface area (Å²) in [6, 6.07) is 9.20. The van der Waals surface area contributed by atoms with Crippen LogP contribution in [0.2, 0.25) is 0 Å². The van der Waals surface area contributed by atoms with Crippen LogP contribution in [0.15, 0.2) is 28.8 Å². The average Bonchev–Trinajstić information content (AvgIpc) is 3.08. The topological polar surface area (TPSA) is 88.7 Å². The third-order valence-corrected chi connectivity index (χ3v) is 3.61. The predicted octanol–water partition coefficient (Wildman–Crippen LogP) is 2.76. The number of nitriles is 1. The van der Waals surface area contributed by atoms with Gasteiger partial charge in [0.2, 0.25) is 0 Å². The molecule has 2 aromatic rings. The summed E-state index contributed by atoms with van der Waals surface area (Å²) in [5, 5.41) is 12.9. The van der Waals surface area contributed by atoms with Crippen LogP contribution < -0.4 is 5.73 Å². The monoisotopic (exact) mass is 290 g/mol. The van der Waals surface area contributed by atoms with E-state index < -0.39 is 5.54 Å². The molecule has 1 fully saturated rings. The highest BCUT2D eigenvalue weighted by molar-refractivity contribution is 5.85. The first-order chi connectivity index (χ1) is 9.21. The Balaban J connectivity index is 0.00000147. The van der Waals surface area contributed by atoms with Gasteiger partial charge in [0.1, 0.15) is 0 Å². The van der Waals surface area contributed by atoms with Crippen LogP contribution in [0.25, 0.3) is 11.5 Å². The third kappa shape index (κ3) is 2.53. The van der Waals surface area contributed by atoms with E-state index in [-0.39, 0.29) is 12.4 Å². The maximum Gasteiger partial charge on any atom is 0.258 e. The average molecular weight is 291 g/mol. The molecule has 1 saturated carbocycles. The van der Waals surface area contributed by atoms with E-state index in [0.717, 1.165) is 31.2 Å². The first-order valence-corrected chi connectivity index (χ1v) is 6.35. The molecule has 0 radical (unpaired) electrons. The van der Waals surface area contributed by atoms with Crippen LogP contribution >= 0.6 is 12.4 Å². The van der Waals surface area contributed by atoms with Crippen LogP contribution in [0.3, 0.4) is 0 Å². The zero-order valence-corrected chi connectivity index (χ0v) is 11.7. The lowest BCUT2D eigenvalue weighted by molar-refractivity contribution is 0.372. The zero-order chi connectivity index (χ0) is 13.3. The lowest BCUT2D eigenvalue weighted by Crippen LogP contribution is -2.34. The molecule has 0 aliphatic heterocycles. The van der Waals surface area contributed by atoms with Gasteiger partial charge in [0.15, 0.2) is 5.82 Å². The lowest BCUT2D eigenvalue weighted by atomic mass is 9.98. The number of rotatable bonds is 2. The Kier molecular flexibility index (Phi) is 4.07. The van der Waals surface area contributed by atoms with E-state index in [0.29, 0.717) is 17.3 Å². The minimum absolute atomic E-state index is 0. The quantitative estimate of drug-likeness (QED) is 0.918. The molecule has 0 bridgehead atoms. The van der Waals surface area contributed by atoms with Crippen LogP contribution in [0.5, 0.6) is 0 Å². The van der Waals surface area contributed by atoms with Gasteiger partial charge in [-0.05, 0) is 31.0 Å². The number of nitrogens with zero attached hydrogens (tertiary/aromatic N) is 3. The van der Waals surface area contributed by atoms with Crippen LogP contribution in [0, 0.1) is 11.3 Å². The molecule has 0 atom stereocenters. The van der Waals surface area contributed by atoms with Crippen LogP contribution in [0.4, 0.5) is 0 Å². The fourth-order valence-electron chi connectivity index (χ4n) is 2.49. The van der Waals surface area contributed by atoms with Crippen molar-refractivity contribution >= 4 is 12.4 Å². The summed E-state index contributed by atoms with van der Waals surface area (Å²) in [6.45, 7) is 0. The Morgan fingerprint density at radius 2 is 2.05 bits per heavy atom. The highest BCUT2D eigenvalue weighted by Crippen LogP contribution is 2.35. The molecule has 6 heteroatoms. The highest BCUT2D eigenvalue weighted by atomic mass is 35.5. The molecule has 104 valence electrons. The number of hydrogen-bond donors (Lipinski definition) is 1. The molecule has 0 spiro atoms. The Morgan fingerprint density at radius 1 is 1.30 bits per heavy atom. The van der Waals surface area contributed by atoms with E-state index in [1.54, 1.807) is 18.2 Å². The molecule has 1 heterocycles. The SMILES string of the molecule is Cl.N#Cc1cccc(-c2nc(C3(N)CCCC3)no2)c1. The largest absolute Gasteiger partial charge is 0.334 e. The number of hydrogen-bond acceptors (Lipinski definition) is 5. The van der Waals surface area contributed by atoms with Crippen molar-refractivity contribution in [1.82, 2.24) is 10.1 Å². The fourth-order valence-corrected chi connectivity index (χ4v) is 2.49. The maximum atomic E-state index is 8.89. The number of aromatic nitrogens is 2. The minimum Gasteiger partial charge on any atom is -0.334 e. The van der Waals surface area contributed by atoms with Gasteiger partial charge < -0.3 is 10.3 Å². The summed E-state index contributed by atoms with van der Waals surface area (Å²) in [5.41, 5.74) is 7.16. The van der Waals surface area contributed by atoms with Crippen molar-refractivity contribution in [2.45, 2.75) is 31.2 Å². The van der Waals surface area contributed by atoms with Crippen molar-refractivity contribution in [1.29, 1.82) is 5.26 Å². The second kappa shape index (κ2) is 5.61. The highest BCUT2D eigenvalue weighted by Gasteiger charge is 2.36. The summed E-state index contributed by atoms with van der Waals surface area (Å²) < 4.78 is 5.28. The molecule has 1 aliphatic carbocycles. The molecular formula is C14H15ClN4O. The smallest absolute Gasteiger partial charge is 0.258 e. The predicted molar refractivity (Wildman–Crippen MR) is 76.0 cm³/mol. The number of nitrogens with two attached hydrogens (primary N) is 1. The van der Waals surface area contributed by atoms with Gasteiger partial charge in [0.25, 0.3) is 5.89 Å². The Labute approximate surface area is 123 Å². The van der Waals surface area contributed by atoms with E-state index in [2.05, 4.69) is 16.2 Å². The summed E-state index contributed by atoms with van der Waals surface area (Å²) in [6.07, 6.45) is 3.99. The zero-order valence-electron chi connectivity index (χ0n) is 10.9. The normalized spacial score (nSPS) is 16.4. The summed E-state index contributed by atoms with van der Waals surface area (Å²) in [4.78, 5) is 4.40. The van der Waals surface area contributed by atoms with Crippen molar-refractivity contribution in [2.24, 2.45) is 5.73 Å². The summed E-state index contributed by atoms with van der Waals surface area (Å²) in [5.74, 6) is 0.992. The third-order valence-electron chi connectivity index (χ3n) is 3.61. The first-order valence-electron chi connectivity index (χ1n) is 6.35. The molecule has 5 nitrogen and oxygen atoms in total.